The van der Waals surface area contributed by atoms with E-state index in [0.29, 0.717) is 40.2 Å². The number of carbonyl (C=O) groups excluding carboxylic acids is 3. The Bertz CT molecular complexity index is 696. The standard InChI is InChI=1S/C17H19N3O3/c1-6-12-15(18-7-21)13(10(2)3)17(20-9-23)14(11(4)5)16(12)19-8-22/h10-11H,6H2,1-5H3. The predicted octanol–water partition coefficient (Wildman–Crippen LogP) is 4.40. The van der Waals surface area contributed by atoms with Gasteiger partial charge in [0.2, 0.25) is 18.2 Å². The Kier molecular flexibility index (Phi) is 6.49. The molecule has 0 aliphatic heterocycles. The number of hydrogen-bond donors (Lipinski definition) is 0. The minimum Gasteiger partial charge on any atom is -0.211 e. The first-order valence-electron chi connectivity index (χ1n) is 7.40. The van der Waals surface area contributed by atoms with Crippen molar-refractivity contribution in [2.75, 3.05) is 0 Å². The topological polar surface area (TPSA) is 88.3 Å². The van der Waals surface area contributed by atoms with Crippen molar-refractivity contribution in [2.24, 2.45) is 15.0 Å². The average Bonchev–Trinajstić information content (AvgIpc) is 2.47. The highest BCUT2D eigenvalue weighted by Crippen LogP contribution is 2.49. The minimum atomic E-state index is -0.0498. The van der Waals surface area contributed by atoms with Crippen LogP contribution in [0.25, 0.3) is 0 Å². The highest BCUT2D eigenvalue weighted by Gasteiger charge is 2.26. The summed E-state index contributed by atoms with van der Waals surface area (Å²) in [5, 5.41) is 0. The lowest BCUT2D eigenvalue weighted by molar-refractivity contribution is 0.564. The van der Waals surface area contributed by atoms with Crippen LogP contribution < -0.4 is 0 Å². The number of hydrogen-bond acceptors (Lipinski definition) is 6. The van der Waals surface area contributed by atoms with E-state index >= 15 is 0 Å². The maximum atomic E-state index is 10.9. The number of aliphatic imine (C=N–C) groups is 3. The summed E-state index contributed by atoms with van der Waals surface area (Å²) in [4.78, 5) is 44.1. The summed E-state index contributed by atoms with van der Waals surface area (Å²) in [5.74, 6) is -0.0995. The van der Waals surface area contributed by atoms with Gasteiger partial charge in [-0.1, -0.05) is 34.6 Å². The second-order valence-corrected chi connectivity index (χ2v) is 5.62. The van der Waals surface area contributed by atoms with Crippen LogP contribution >= 0.6 is 0 Å². The predicted molar refractivity (Wildman–Crippen MR) is 87.3 cm³/mol. The second kappa shape index (κ2) is 8.11. The first-order valence-corrected chi connectivity index (χ1v) is 7.40. The smallest absolute Gasteiger partial charge is 0.211 e. The molecule has 6 heteroatoms. The van der Waals surface area contributed by atoms with Crippen molar-refractivity contribution in [3.8, 4) is 0 Å². The SMILES string of the molecule is CCc1c(N=C=O)c(C(C)C)c(N=C=O)c(C(C)C)c1N=C=O. The second-order valence-electron chi connectivity index (χ2n) is 5.62. The van der Waals surface area contributed by atoms with E-state index < -0.39 is 0 Å². The van der Waals surface area contributed by atoms with E-state index in [0.717, 1.165) is 0 Å². The highest BCUT2D eigenvalue weighted by atomic mass is 16.1. The molecular formula is C17H19N3O3. The maximum absolute atomic E-state index is 10.9. The van der Waals surface area contributed by atoms with Crippen molar-refractivity contribution < 1.29 is 14.4 Å². The van der Waals surface area contributed by atoms with E-state index in [1.54, 1.807) is 6.08 Å². The number of rotatable bonds is 6. The quantitative estimate of drug-likeness (QED) is 0.576. The van der Waals surface area contributed by atoms with E-state index in [9.17, 15) is 14.4 Å². The van der Waals surface area contributed by atoms with Gasteiger partial charge in [0.15, 0.2) is 0 Å². The molecule has 0 bridgehead atoms. The molecule has 0 aromatic heterocycles. The first kappa shape index (κ1) is 18.4. The summed E-state index contributed by atoms with van der Waals surface area (Å²) in [5.41, 5.74) is 3.05. The van der Waals surface area contributed by atoms with Crippen LogP contribution in [0.15, 0.2) is 15.0 Å². The summed E-state index contributed by atoms with van der Waals surface area (Å²) in [6, 6.07) is 0. The van der Waals surface area contributed by atoms with Gasteiger partial charge in [-0.05, 0) is 18.3 Å². The van der Waals surface area contributed by atoms with Gasteiger partial charge >= 0.3 is 0 Å². The monoisotopic (exact) mass is 313 g/mol. The van der Waals surface area contributed by atoms with Crippen LogP contribution in [0, 0.1) is 0 Å². The summed E-state index contributed by atoms with van der Waals surface area (Å²) < 4.78 is 0. The van der Waals surface area contributed by atoms with Crippen LogP contribution in [0.3, 0.4) is 0 Å². The zero-order valence-electron chi connectivity index (χ0n) is 13.9. The molecule has 0 heterocycles. The zero-order valence-corrected chi connectivity index (χ0v) is 13.9. The molecule has 0 atom stereocenters. The maximum Gasteiger partial charge on any atom is 0.240 e. The molecule has 1 aromatic carbocycles. The van der Waals surface area contributed by atoms with E-state index in [4.69, 9.17) is 0 Å². The Morgan fingerprint density at radius 1 is 0.739 bits per heavy atom. The Hall–Kier alpha value is -2.64. The van der Waals surface area contributed by atoms with E-state index in [-0.39, 0.29) is 11.8 Å². The fraction of sp³-hybridized carbons (Fsp3) is 0.471. The zero-order chi connectivity index (χ0) is 17.6. The highest BCUT2D eigenvalue weighted by molar-refractivity contribution is 5.82. The van der Waals surface area contributed by atoms with Crippen molar-refractivity contribution in [3.63, 3.8) is 0 Å². The molecule has 0 aliphatic carbocycles. The van der Waals surface area contributed by atoms with Crippen molar-refractivity contribution >= 4 is 35.3 Å². The third kappa shape index (κ3) is 3.58. The molecule has 1 aromatic rings. The van der Waals surface area contributed by atoms with Crippen LogP contribution in [0.4, 0.5) is 17.1 Å². The molecule has 0 N–H and O–H groups in total. The van der Waals surface area contributed by atoms with Gasteiger partial charge in [0, 0.05) is 16.7 Å². The Morgan fingerprint density at radius 2 is 1.09 bits per heavy atom. The molecule has 0 unspecified atom stereocenters. The number of benzene rings is 1. The molecule has 0 amide bonds. The molecule has 0 radical (unpaired) electrons. The summed E-state index contributed by atoms with van der Waals surface area (Å²) in [7, 11) is 0. The third-order valence-electron chi connectivity index (χ3n) is 3.57. The molecular weight excluding hydrogens is 294 g/mol. The van der Waals surface area contributed by atoms with Crippen molar-refractivity contribution in [1.29, 1.82) is 0 Å². The van der Waals surface area contributed by atoms with Crippen molar-refractivity contribution in [1.82, 2.24) is 0 Å². The van der Waals surface area contributed by atoms with Crippen LogP contribution in [0.1, 0.15) is 63.1 Å². The molecule has 0 aliphatic rings. The number of isocyanates is 3. The van der Waals surface area contributed by atoms with Gasteiger partial charge in [-0.3, -0.25) is 0 Å². The lowest BCUT2D eigenvalue weighted by atomic mass is 9.86. The van der Waals surface area contributed by atoms with Gasteiger partial charge in [0.05, 0.1) is 17.1 Å². The van der Waals surface area contributed by atoms with Crippen LogP contribution in [0.2, 0.25) is 0 Å². The largest absolute Gasteiger partial charge is 0.240 e. The van der Waals surface area contributed by atoms with Gasteiger partial charge in [-0.15, -0.1) is 0 Å². The molecule has 0 fully saturated rings. The minimum absolute atomic E-state index is 0.0498. The molecule has 0 spiro atoms. The molecule has 120 valence electrons. The fourth-order valence-electron chi connectivity index (χ4n) is 2.75. The summed E-state index contributed by atoms with van der Waals surface area (Å²) >= 11 is 0. The Balaban J connectivity index is 4.26. The third-order valence-corrected chi connectivity index (χ3v) is 3.57. The van der Waals surface area contributed by atoms with Gasteiger partial charge in [0.25, 0.3) is 0 Å². The van der Waals surface area contributed by atoms with Crippen molar-refractivity contribution in [3.05, 3.63) is 16.7 Å². The van der Waals surface area contributed by atoms with Crippen LogP contribution in [0.5, 0.6) is 0 Å². The van der Waals surface area contributed by atoms with Gasteiger partial charge < -0.3 is 0 Å². The van der Waals surface area contributed by atoms with E-state index in [1.165, 1.54) is 12.2 Å². The van der Waals surface area contributed by atoms with Crippen LogP contribution in [-0.2, 0) is 20.8 Å². The average molecular weight is 313 g/mol. The molecule has 6 nitrogen and oxygen atoms in total. The van der Waals surface area contributed by atoms with Gasteiger partial charge in [-0.25, -0.2) is 14.4 Å². The molecule has 23 heavy (non-hydrogen) atoms. The lowest BCUT2D eigenvalue weighted by Crippen LogP contribution is -2.01. The number of nitrogens with zero attached hydrogens (tertiary/aromatic N) is 3. The summed E-state index contributed by atoms with van der Waals surface area (Å²) in [6.45, 7) is 9.52. The van der Waals surface area contributed by atoms with E-state index in [1.807, 2.05) is 34.6 Å². The van der Waals surface area contributed by atoms with Gasteiger partial charge in [0.1, 0.15) is 0 Å². The molecule has 0 saturated carbocycles. The van der Waals surface area contributed by atoms with Crippen molar-refractivity contribution in [2.45, 2.75) is 52.9 Å². The molecule has 0 saturated heterocycles. The van der Waals surface area contributed by atoms with E-state index in [2.05, 4.69) is 15.0 Å². The fourth-order valence-corrected chi connectivity index (χ4v) is 2.75. The first-order chi connectivity index (χ1) is 10.9. The van der Waals surface area contributed by atoms with Gasteiger partial charge in [-0.2, -0.15) is 15.0 Å². The Morgan fingerprint density at radius 3 is 1.35 bits per heavy atom. The lowest BCUT2D eigenvalue weighted by Gasteiger charge is -2.22. The molecule has 1 rings (SSSR count). The Labute approximate surface area is 135 Å². The normalized spacial score (nSPS) is 10.0. The van der Waals surface area contributed by atoms with Crippen LogP contribution in [-0.4, -0.2) is 18.2 Å². The summed E-state index contributed by atoms with van der Waals surface area (Å²) in [6.07, 6.45) is 5.12.